The van der Waals surface area contributed by atoms with Gasteiger partial charge in [0.15, 0.2) is 9.84 Å². The first kappa shape index (κ1) is 15.7. The number of carbonyl (C=O) groups is 1. The van der Waals surface area contributed by atoms with E-state index in [1.807, 2.05) is 13.0 Å². The van der Waals surface area contributed by atoms with Gasteiger partial charge in [0, 0.05) is 18.8 Å². The highest BCUT2D eigenvalue weighted by molar-refractivity contribution is 7.91. The van der Waals surface area contributed by atoms with Crippen molar-refractivity contribution >= 4 is 21.7 Å². The molecule has 0 aromatic carbocycles. The number of nitrogens with one attached hydrogen (secondary N) is 1. The summed E-state index contributed by atoms with van der Waals surface area (Å²) in [5, 5.41) is 11.7. The molecule has 1 aromatic rings. The van der Waals surface area contributed by atoms with Gasteiger partial charge in [-0.25, -0.2) is 18.2 Å². The summed E-state index contributed by atoms with van der Waals surface area (Å²) in [6, 6.07) is 2.66. The van der Waals surface area contributed by atoms with E-state index < -0.39 is 21.9 Å². The predicted molar refractivity (Wildman–Crippen MR) is 78.8 cm³/mol. The number of hydrogen-bond donors (Lipinski definition) is 2. The lowest BCUT2D eigenvalue weighted by Crippen LogP contribution is -2.45. The molecule has 21 heavy (non-hydrogen) atoms. The molecule has 0 saturated carbocycles. The van der Waals surface area contributed by atoms with Gasteiger partial charge in [-0.05, 0) is 25.0 Å². The number of urea groups is 1. The molecule has 2 amide bonds. The highest BCUT2D eigenvalue weighted by atomic mass is 32.2. The molecular formula is C13H19N3O4S. The van der Waals surface area contributed by atoms with Crippen molar-refractivity contribution in [2.24, 2.45) is 0 Å². The van der Waals surface area contributed by atoms with Gasteiger partial charge < -0.3 is 10.0 Å². The smallest absolute Gasteiger partial charge is 0.323 e. The molecule has 1 aliphatic rings. The normalized spacial score (nSPS) is 20.2. The number of aliphatic hydroxyl groups is 1. The number of amides is 2. The number of aliphatic hydroxyl groups excluding tert-OH is 1. The zero-order valence-electron chi connectivity index (χ0n) is 11.8. The summed E-state index contributed by atoms with van der Waals surface area (Å²) in [4.78, 5) is 17.7. The number of rotatable bonds is 4. The fourth-order valence-electron chi connectivity index (χ4n) is 2.30. The Balaban J connectivity index is 2.07. The van der Waals surface area contributed by atoms with Crippen LogP contribution in [0.15, 0.2) is 18.3 Å². The van der Waals surface area contributed by atoms with Gasteiger partial charge in [-0.3, -0.25) is 5.32 Å². The third-order valence-electron chi connectivity index (χ3n) is 3.40. The third kappa shape index (κ3) is 4.15. The van der Waals surface area contributed by atoms with E-state index in [2.05, 4.69) is 10.3 Å². The summed E-state index contributed by atoms with van der Waals surface area (Å²) in [7, 11) is -3.09. The van der Waals surface area contributed by atoms with Crippen LogP contribution in [-0.2, 0) is 9.84 Å². The summed E-state index contributed by atoms with van der Waals surface area (Å²) >= 11 is 0. The third-order valence-corrected chi connectivity index (χ3v) is 5.15. The van der Waals surface area contributed by atoms with Gasteiger partial charge in [0.2, 0.25) is 0 Å². The Morgan fingerprint density at radius 1 is 1.52 bits per heavy atom. The second kappa shape index (κ2) is 6.40. The largest absolute Gasteiger partial charge is 0.395 e. The number of sulfone groups is 1. The van der Waals surface area contributed by atoms with Crippen LogP contribution in [-0.4, -0.2) is 60.1 Å². The van der Waals surface area contributed by atoms with Gasteiger partial charge in [0.25, 0.3) is 0 Å². The van der Waals surface area contributed by atoms with Crippen LogP contribution < -0.4 is 5.32 Å². The summed E-state index contributed by atoms with van der Waals surface area (Å²) < 4.78 is 23.1. The van der Waals surface area contributed by atoms with Crippen molar-refractivity contribution < 1.29 is 18.3 Å². The minimum absolute atomic E-state index is 0.0538. The molecule has 7 nitrogen and oxygen atoms in total. The maximum Gasteiger partial charge on any atom is 0.323 e. The van der Waals surface area contributed by atoms with Gasteiger partial charge in [-0.1, -0.05) is 6.07 Å². The molecule has 116 valence electrons. The average molecular weight is 313 g/mol. The zero-order valence-corrected chi connectivity index (χ0v) is 12.6. The van der Waals surface area contributed by atoms with E-state index >= 15 is 0 Å². The fourth-order valence-corrected chi connectivity index (χ4v) is 4.03. The van der Waals surface area contributed by atoms with Gasteiger partial charge in [-0.2, -0.15) is 0 Å². The summed E-state index contributed by atoms with van der Waals surface area (Å²) in [6.45, 7) is 1.77. The van der Waals surface area contributed by atoms with E-state index in [-0.39, 0.29) is 24.7 Å². The number of anilines is 1. The van der Waals surface area contributed by atoms with Crippen LogP contribution in [0.3, 0.4) is 0 Å². The molecule has 0 bridgehead atoms. The van der Waals surface area contributed by atoms with Gasteiger partial charge in [-0.15, -0.1) is 0 Å². The van der Waals surface area contributed by atoms with Crippen molar-refractivity contribution in [2.75, 3.05) is 30.0 Å². The van der Waals surface area contributed by atoms with Crippen LogP contribution in [0.1, 0.15) is 12.0 Å². The SMILES string of the molecule is Cc1ccc(NC(=O)N(CCO)C2CCS(=O)(=O)C2)nc1. The summed E-state index contributed by atoms with van der Waals surface area (Å²) in [6.07, 6.45) is 2.03. The molecule has 1 aliphatic heterocycles. The highest BCUT2D eigenvalue weighted by Crippen LogP contribution is 2.18. The Morgan fingerprint density at radius 3 is 2.81 bits per heavy atom. The number of carbonyl (C=O) groups excluding carboxylic acids is 1. The molecule has 0 spiro atoms. The number of aromatic nitrogens is 1. The Labute approximate surface area is 123 Å². The van der Waals surface area contributed by atoms with Gasteiger partial charge in [0.1, 0.15) is 5.82 Å². The molecule has 1 aromatic heterocycles. The first-order chi connectivity index (χ1) is 9.91. The van der Waals surface area contributed by atoms with Crippen molar-refractivity contribution in [3.05, 3.63) is 23.9 Å². The van der Waals surface area contributed by atoms with Crippen molar-refractivity contribution in [3.63, 3.8) is 0 Å². The molecule has 1 fully saturated rings. The van der Waals surface area contributed by atoms with E-state index in [4.69, 9.17) is 5.11 Å². The molecular weight excluding hydrogens is 294 g/mol. The zero-order chi connectivity index (χ0) is 15.5. The van der Waals surface area contributed by atoms with Crippen molar-refractivity contribution in [2.45, 2.75) is 19.4 Å². The lowest BCUT2D eigenvalue weighted by atomic mass is 10.2. The van der Waals surface area contributed by atoms with Crippen LogP contribution in [0.25, 0.3) is 0 Å². The maximum absolute atomic E-state index is 12.3. The molecule has 2 heterocycles. The van der Waals surface area contributed by atoms with E-state index in [9.17, 15) is 13.2 Å². The van der Waals surface area contributed by atoms with Crippen LogP contribution >= 0.6 is 0 Å². The second-order valence-corrected chi connectivity index (χ2v) is 7.35. The van der Waals surface area contributed by atoms with Crippen LogP contribution in [0.2, 0.25) is 0 Å². The van der Waals surface area contributed by atoms with Crippen LogP contribution in [0.5, 0.6) is 0 Å². The number of pyridine rings is 1. The van der Waals surface area contributed by atoms with E-state index in [1.165, 1.54) is 4.90 Å². The second-order valence-electron chi connectivity index (χ2n) is 5.12. The standard InChI is InChI=1S/C13H19N3O4S/c1-10-2-3-12(14-8-10)15-13(18)16(5-6-17)11-4-7-21(19,20)9-11/h2-3,8,11,17H,4-7,9H2,1H3,(H,14,15,18). The van der Waals surface area contributed by atoms with Gasteiger partial charge >= 0.3 is 6.03 Å². The Hall–Kier alpha value is -1.67. The molecule has 1 saturated heterocycles. The Morgan fingerprint density at radius 2 is 2.29 bits per heavy atom. The van der Waals surface area contributed by atoms with Gasteiger partial charge in [0.05, 0.1) is 18.1 Å². The minimum Gasteiger partial charge on any atom is -0.395 e. The Bertz CT molecular complexity index is 600. The summed E-state index contributed by atoms with van der Waals surface area (Å²) in [5.41, 5.74) is 0.974. The van der Waals surface area contributed by atoms with Crippen molar-refractivity contribution in [1.82, 2.24) is 9.88 Å². The van der Waals surface area contributed by atoms with E-state index in [0.29, 0.717) is 12.2 Å². The number of hydrogen-bond acceptors (Lipinski definition) is 5. The van der Waals surface area contributed by atoms with Crippen molar-refractivity contribution in [3.8, 4) is 0 Å². The summed E-state index contributed by atoms with van der Waals surface area (Å²) in [5.74, 6) is 0.423. The molecule has 1 unspecified atom stereocenters. The van der Waals surface area contributed by atoms with E-state index in [1.54, 1.807) is 12.3 Å². The van der Waals surface area contributed by atoms with Crippen LogP contribution in [0.4, 0.5) is 10.6 Å². The molecule has 0 aliphatic carbocycles. The first-order valence-electron chi connectivity index (χ1n) is 6.73. The lowest BCUT2D eigenvalue weighted by Gasteiger charge is -2.27. The highest BCUT2D eigenvalue weighted by Gasteiger charge is 2.34. The van der Waals surface area contributed by atoms with E-state index in [0.717, 1.165) is 5.56 Å². The molecule has 0 radical (unpaired) electrons. The van der Waals surface area contributed by atoms with Crippen molar-refractivity contribution in [1.29, 1.82) is 0 Å². The number of nitrogens with zero attached hydrogens (tertiary/aromatic N) is 2. The Kier molecular flexibility index (Phi) is 4.79. The quantitative estimate of drug-likeness (QED) is 0.838. The minimum atomic E-state index is -3.09. The molecule has 2 N–H and O–H groups in total. The topological polar surface area (TPSA) is 99.6 Å². The molecule has 1 atom stereocenters. The average Bonchev–Trinajstić information content (AvgIpc) is 2.78. The number of aryl methyl sites for hydroxylation is 1. The first-order valence-corrected chi connectivity index (χ1v) is 8.55. The lowest BCUT2D eigenvalue weighted by molar-refractivity contribution is 0.168. The maximum atomic E-state index is 12.3. The fraction of sp³-hybridized carbons (Fsp3) is 0.538. The predicted octanol–water partition coefficient (Wildman–Crippen LogP) is 0.403. The monoisotopic (exact) mass is 313 g/mol. The van der Waals surface area contributed by atoms with Crippen LogP contribution in [0, 0.1) is 6.92 Å². The molecule has 2 rings (SSSR count). The molecule has 8 heteroatoms.